The van der Waals surface area contributed by atoms with Gasteiger partial charge in [0.25, 0.3) is 17.1 Å². The molecule has 0 saturated carbocycles. The minimum Gasteiger partial charge on any atom is -0.354 e. The molecule has 0 atom stereocenters. The number of piperidine rings is 1. The van der Waals surface area contributed by atoms with Crippen LogP contribution < -0.4 is 5.32 Å². The Morgan fingerprint density at radius 2 is 1.72 bits per heavy atom. The lowest BCUT2D eigenvalue weighted by molar-refractivity contribution is -0.129. The predicted octanol–water partition coefficient (Wildman–Crippen LogP) is 4.68. The fraction of sp³-hybridized carbons (Fsp3) is 0.280. The predicted molar refractivity (Wildman–Crippen MR) is 136 cm³/mol. The molecule has 4 rings (SSSR count). The van der Waals surface area contributed by atoms with Crippen LogP contribution in [-0.2, 0) is 16.0 Å². The first-order valence-electron chi connectivity index (χ1n) is 11.2. The van der Waals surface area contributed by atoms with Crippen LogP contribution in [0.4, 0.5) is 9.18 Å². The van der Waals surface area contributed by atoms with Gasteiger partial charge in [-0.15, -0.1) is 0 Å². The zero-order valence-electron chi connectivity index (χ0n) is 19.1. The van der Waals surface area contributed by atoms with Crippen LogP contribution in [0.1, 0.15) is 28.8 Å². The lowest BCUT2D eigenvalue weighted by atomic mass is 10.0. The van der Waals surface area contributed by atoms with Gasteiger partial charge in [0.15, 0.2) is 0 Å². The van der Waals surface area contributed by atoms with Crippen molar-refractivity contribution in [2.75, 3.05) is 26.2 Å². The van der Waals surface area contributed by atoms with Gasteiger partial charge < -0.3 is 10.2 Å². The fourth-order valence-corrected chi connectivity index (χ4v) is 5.34. The number of thioether (sulfide) groups is 1. The number of carbonyl (C=O) groups is 4. The molecule has 2 aliphatic heterocycles. The summed E-state index contributed by atoms with van der Waals surface area (Å²) in [6.45, 7) is 0.657. The Hall–Kier alpha value is -2.88. The first kappa shape index (κ1) is 26.2. The summed E-state index contributed by atoms with van der Waals surface area (Å²) in [6, 6.07) is 10.7. The number of carbonyl (C=O) groups excluding carboxylic acids is 4. The number of benzene rings is 2. The average molecular weight is 550 g/mol. The van der Waals surface area contributed by atoms with Crippen molar-refractivity contribution >= 4 is 57.9 Å². The Bertz CT molecular complexity index is 1240. The monoisotopic (exact) mass is 549 g/mol. The van der Waals surface area contributed by atoms with E-state index in [1.54, 1.807) is 29.2 Å². The maximum Gasteiger partial charge on any atom is 0.294 e. The lowest BCUT2D eigenvalue weighted by Crippen LogP contribution is -2.40. The van der Waals surface area contributed by atoms with E-state index in [0.717, 1.165) is 27.8 Å². The molecule has 0 aliphatic carbocycles. The molecule has 2 heterocycles. The smallest absolute Gasteiger partial charge is 0.294 e. The molecule has 0 bridgehead atoms. The molecule has 4 amide bonds. The van der Waals surface area contributed by atoms with Crippen LogP contribution in [0, 0.1) is 5.82 Å². The van der Waals surface area contributed by atoms with Gasteiger partial charge in [0.2, 0.25) is 5.91 Å². The molecule has 0 radical (unpaired) electrons. The second-order valence-corrected chi connectivity index (χ2v) is 10.1. The zero-order chi connectivity index (χ0) is 25.8. The molecule has 188 valence electrons. The summed E-state index contributed by atoms with van der Waals surface area (Å²) in [4.78, 5) is 53.4. The molecule has 2 aromatic rings. The van der Waals surface area contributed by atoms with E-state index in [1.807, 2.05) is 0 Å². The number of hydrogen-bond donors (Lipinski definition) is 1. The van der Waals surface area contributed by atoms with Crippen molar-refractivity contribution in [1.82, 2.24) is 15.1 Å². The topological polar surface area (TPSA) is 86.8 Å². The van der Waals surface area contributed by atoms with E-state index < -0.39 is 17.1 Å². The van der Waals surface area contributed by atoms with E-state index in [1.165, 1.54) is 18.2 Å². The number of hydrogen-bond acceptors (Lipinski definition) is 5. The molecule has 7 nitrogen and oxygen atoms in total. The van der Waals surface area contributed by atoms with Crippen molar-refractivity contribution in [3.63, 3.8) is 0 Å². The largest absolute Gasteiger partial charge is 0.354 e. The summed E-state index contributed by atoms with van der Waals surface area (Å²) in [6.07, 6.45) is 1.36. The van der Waals surface area contributed by atoms with Crippen molar-refractivity contribution < 1.29 is 23.6 Å². The Morgan fingerprint density at radius 1 is 1.03 bits per heavy atom. The Morgan fingerprint density at radius 3 is 2.42 bits per heavy atom. The van der Waals surface area contributed by atoms with Gasteiger partial charge in [-0.25, -0.2) is 4.39 Å². The number of halogens is 3. The van der Waals surface area contributed by atoms with Crippen LogP contribution >= 0.6 is 35.0 Å². The number of rotatable bonds is 6. The van der Waals surface area contributed by atoms with E-state index in [4.69, 9.17) is 23.2 Å². The Balaban J connectivity index is 1.31. The van der Waals surface area contributed by atoms with Gasteiger partial charge >= 0.3 is 0 Å². The molecular formula is C25H22Cl2FN3O4S. The first-order valence-corrected chi connectivity index (χ1v) is 12.8. The van der Waals surface area contributed by atoms with Crippen LogP contribution in [0.15, 0.2) is 52.9 Å². The maximum atomic E-state index is 13.0. The number of imide groups is 1. The molecule has 0 spiro atoms. The normalized spacial score (nSPS) is 16.1. The van der Waals surface area contributed by atoms with Crippen molar-refractivity contribution in [1.29, 1.82) is 0 Å². The number of nitrogens with zero attached hydrogens (tertiary/aromatic N) is 2. The summed E-state index contributed by atoms with van der Waals surface area (Å²) < 4.78 is 13.0. The third-order valence-electron chi connectivity index (χ3n) is 5.93. The summed E-state index contributed by atoms with van der Waals surface area (Å²) >= 11 is 13.0. The molecule has 2 aromatic carbocycles. The van der Waals surface area contributed by atoms with E-state index in [9.17, 15) is 23.6 Å². The second-order valence-electron chi connectivity index (χ2n) is 8.33. The highest BCUT2D eigenvalue weighted by molar-refractivity contribution is 8.18. The number of amides is 4. The first-order chi connectivity index (χ1) is 17.2. The van der Waals surface area contributed by atoms with Crippen molar-refractivity contribution in [2.24, 2.45) is 0 Å². The summed E-state index contributed by atoms with van der Waals surface area (Å²) in [7, 11) is 0. The minimum absolute atomic E-state index is 0.244. The zero-order valence-corrected chi connectivity index (χ0v) is 21.4. The summed E-state index contributed by atoms with van der Waals surface area (Å²) in [5.74, 6) is -1.53. The molecule has 2 aliphatic rings. The van der Waals surface area contributed by atoms with E-state index in [-0.39, 0.29) is 18.3 Å². The highest BCUT2D eigenvalue weighted by Gasteiger charge is 2.39. The summed E-state index contributed by atoms with van der Waals surface area (Å²) in [5, 5.41) is 2.91. The number of likely N-dealkylation sites (tertiary alicyclic amines) is 1. The molecule has 36 heavy (non-hydrogen) atoms. The summed E-state index contributed by atoms with van der Waals surface area (Å²) in [5.41, 5.74) is 1.97. The van der Waals surface area contributed by atoms with Gasteiger partial charge in [0.05, 0.1) is 15.5 Å². The SMILES string of the molecule is O=C(CN1C(=O)SC(=C2CCN(C(=O)c3cc(Cl)ccc3Cl)CC2)C1=O)NCCc1ccc(F)cc1. The lowest BCUT2D eigenvalue weighted by Gasteiger charge is -2.29. The molecule has 0 unspecified atom stereocenters. The van der Waals surface area contributed by atoms with Crippen molar-refractivity contribution in [3.8, 4) is 0 Å². The third kappa shape index (κ3) is 6.08. The molecule has 1 N–H and O–H groups in total. The van der Waals surface area contributed by atoms with Gasteiger partial charge in [0, 0.05) is 24.7 Å². The van der Waals surface area contributed by atoms with Gasteiger partial charge in [0.1, 0.15) is 12.4 Å². The van der Waals surface area contributed by atoms with Crippen LogP contribution in [0.5, 0.6) is 0 Å². The number of nitrogens with one attached hydrogen (secondary N) is 1. The Labute approximate surface area is 221 Å². The van der Waals surface area contributed by atoms with Crippen molar-refractivity contribution in [3.05, 3.63) is 79.9 Å². The van der Waals surface area contributed by atoms with Gasteiger partial charge in [-0.05, 0) is 72.5 Å². The molecule has 2 fully saturated rings. The molecule has 0 aromatic heterocycles. The highest BCUT2D eigenvalue weighted by atomic mass is 35.5. The standard InChI is InChI=1S/C25H22Cl2FN3O4S/c26-17-3-6-20(27)19(13-17)23(33)30-11-8-16(9-12-30)22-24(34)31(25(35)36-22)14-21(32)29-10-7-15-1-4-18(28)5-2-15/h1-6,13H,7-12,14H2,(H,29,32). The average Bonchev–Trinajstić information content (AvgIpc) is 3.14. The van der Waals surface area contributed by atoms with E-state index in [0.29, 0.717) is 59.4 Å². The van der Waals surface area contributed by atoms with Gasteiger partial charge in [-0.2, -0.15) is 0 Å². The second kappa shape index (κ2) is 11.5. The van der Waals surface area contributed by atoms with Gasteiger partial charge in [-0.3, -0.25) is 24.1 Å². The fourth-order valence-electron chi connectivity index (χ4n) is 3.99. The van der Waals surface area contributed by atoms with Crippen molar-refractivity contribution in [2.45, 2.75) is 19.3 Å². The van der Waals surface area contributed by atoms with Crippen LogP contribution in [0.25, 0.3) is 0 Å². The van der Waals surface area contributed by atoms with E-state index in [2.05, 4.69) is 5.32 Å². The molecule has 2 saturated heterocycles. The highest BCUT2D eigenvalue weighted by Crippen LogP contribution is 2.36. The Kier molecular flexibility index (Phi) is 8.33. The minimum atomic E-state index is -0.500. The molecular weight excluding hydrogens is 528 g/mol. The quantitative estimate of drug-likeness (QED) is 0.529. The van der Waals surface area contributed by atoms with Gasteiger partial charge in [-0.1, -0.05) is 35.3 Å². The van der Waals surface area contributed by atoms with Crippen LogP contribution in [0.3, 0.4) is 0 Å². The third-order valence-corrected chi connectivity index (χ3v) is 7.56. The maximum absolute atomic E-state index is 13.0. The van der Waals surface area contributed by atoms with Crippen LogP contribution in [-0.4, -0.2) is 58.9 Å². The van der Waals surface area contributed by atoms with E-state index >= 15 is 0 Å². The molecule has 11 heteroatoms. The van der Waals surface area contributed by atoms with Crippen LogP contribution in [0.2, 0.25) is 10.0 Å².